The van der Waals surface area contributed by atoms with Crippen molar-refractivity contribution in [3.8, 4) is 34.1 Å². The van der Waals surface area contributed by atoms with E-state index in [0.29, 0.717) is 34.2 Å². The summed E-state index contributed by atoms with van der Waals surface area (Å²) >= 11 is 0. The summed E-state index contributed by atoms with van der Waals surface area (Å²) < 4.78 is 53.0. The van der Waals surface area contributed by atoms with E-state index in [1.54, 1.807) is 14.2 Å². The molecule has 0 aliphatic heterocycles. The van der Waals surface area contributed by atoms with Crippen LogP contribution in [0.3, 0.4) is 0 Å². The smallest absolute Gasteiger partial charge is 0.453 e. The maximum absolute atomic E-state index is 7.04. The van der Waals surface area contributed by atoms with Crippen molar-refractivity contribution in [1.29, 1.82) is 0 Å². The van der Waals surface area contributed by atoms with Crippen LogP contribution < -0.4 is 18.5 Å². The van der Waals surface area contributed by atoms with Crippen LogP contribution in [0.1, 0.15) is 55.6 Å². The average molecular weight is 815 g/mol. The number of aryl methyl sites for hydroxylation is 8. The first-order valence-corrected chi connectivity index (χ1v) is 21.4. The minimum Gasteiger partial charge on any atom is -0.496 e. The number of hydrogen-bond acceptors (Lipinski definition) is 8. The molecule has 8 rings (SSSR count). The van der Waals surface area contributed by atoms with Crippen LogP contribution >= 0.6 is 16.5 Å². The summed E-state index contributed by atoms with van der Waals surface area (Å²) in [7, 11) is -0.686. The molecular weight excluding hydrogens is 766 g/mol. The van der Waals surface area contributed by atoms with Crippen LogP contribution in [-0.4, -0.2) is 14.2 Å². The molecule has 0 spiro atoms. The van der Waals surface area contributed by atoms with Gasteiger partial charge in [-0.05, 0) is 151 Å². The Morgan fingerprint density at radius 1 is 0.397 bits per heavy atom. The first kappa shape index (κ1) is 39.2. The Labute approximate surface area is 340 Å². The van der Waals surface area contributed by atoms with Crippen molar-refractivity contribution in [2.24, 2.45) is 0 Å². The lowest BCUT2D eigenvalue weighted by Crippen LogP contribution is -2.02. The van der Waals surface area contributed by atoms with E-state index in [1.807, 2.05) is 64.1 Å². The van der Waals surface area contributed by atoms with Gasteiger partial charge in [0, 0.05) is 43.8 Å². The molecule has 2 unspecified atom stereocenters. The van der Waals surface area contributed by atoms with E-state index in [1.165, 1.54) is 0 Å². The summed E-state index contributed by atoms with van der Waals surface area (Å²) in [5.74, 6) is 2.52. The van der Waals surface area contributed by atoms with Gasteiger partial charge in [-0.1, -0.05) is 35.4 Å². The summed E-state index contributed by atoms with van der Waals surface area (Å²) in [4.78, 5) is 0. The summed E-state index contributed by atoms with van der Waals surface area (Å²) in [5, 5.41) is 3.86. The number of rotatable bonds is 7. The Bertz CT molecular complexity index is 2840. The molecule has 8 aromatic rings. The zero-order chi connectivity index (χ0) is 41.2. The van der Waals surface area contributed by atoms with E-state index in [9.17, 15) is 0 Å². The quantitative estimate of drug-likeness (QED) is 0.157. The number of ether oxygens (including phenoxy) is 2. The van der Waals surface area contributed by atoms with Crippen LogP contribution in [0.25, 0.3) is 55.0 Å². The highest BCUT2D eigenvalue weighted by Gasteiger charge is 2.28. The number of methoxy groups -OCH3 is 2. The van der Waals surface area contributed by atoms with E-state index in [-0.39, 0.29) is 0 Å². The number of fused-ring (bicyclic) bond motifs is 6. The third-order valence-electron chi connectivity index (χ3n) is 10.7. The Kier molecular flexibility index (Phi) is 10.3. The van der Waals surface area contributed by atoms with Gasteiger partial charge in [-0.3, -0.25) is 0 Å². The lowest BCUT2D eigenvalue weighted by molar-refractivity contribution is 0.409. The van der Waals surface area contributed by atoms with Crippen LogP contribution in [-0.2, 0) is 0 Å². The van der Waals surface area contributed by atoms with E-state index in [4.69, 9.17) is 35.3 Å². The van der Waals surface area contributed by atoms with Crippen molar-refractivity contribution in [3.05, 3.63) is 128 Å². The second kappa shape index (κ2) is 15.2. The molecule has 6 aromatic carbocycles. The summed E-state index contributed by atoms with van der Waals surface area (Å²) in [6.45, 7) is 20.5. The molecule has 0 N–H and O–H groups in total. The van der Waals surface area contributed by atoms with Crippen LogP contribution in [0.4, 0.5) is 0 Å². The highest BCUT2D eigenvalue weighted by atomic mass is 31.1. The lowest BCUT2D eigenvalue weighted by Gasteiger charge is -2.23. The second-order valence-electron chi connectivity index (χ2n) is 15.4. The average Bonchev–Trinajstić information content (AvgIpc) is 3.42. The first-order valence-electron chi connectivity index (χ1n) is 19.2. The molecule has 58 heavy (non-hydrogen) atoms. The predicted octanol–water partition coefficient (Wildman–Crippen LogP) is 15.3. The Hall–Kier alpha value is -5.68. The van der Waals surface area contributed by atoms with Gasteiger partial charge >= 0.3 is 16.5 Å². The maximum Gasteiger partial charge on any atom is 0.453 e. The van der Waals surface area contributed by atoms with Gasteiger partial charge in [0.2, 0.25) is 0 Å². The summed E-state index contributed by atoms with van der Waals surface area (Å²) in [5.41, 5.74) is 14.2. The topological polar surface area (TPSA) is 89.5 Å². The molecule has 0 fully saturated rings. The molecule has 2 atom stereocenters. The van der Waals surface area contributed by atoms with Crippen molar-refractivity contribution in [2.45, 2.75) is 69.2 Å². The molecule has 0 aliphatic carbocycles. The fourth-order valence-electron chi connectivity index (χ4n) is 7.97. The SMILES string of the molecule is COc1cc(C)c(Op2oc3ccc(C)cc3c3cc(C)cc(C)c3o2)c(-c2c(C)c(OC)cc(C)c2Op2oc3ccc(C)cc3c3cc(C)cc(C)c3o2)c1C. The first-order chi connectivity index (χ1) is 27.7. The molecule has 298 valence electrons. The third kappa shape index (κ3) is 6.99. The van der Waals surface area contributed by atoms with Gasteiger partial charge in [0.15, 0.2) is 0 Å². The van der Waals surface area contributed by atoms with E-state index < -0.39 is 16.5 Å². The van der Waals surface area contributed by atoms with Crippen molar-refractivity contribution in [2.75, 3.05) is 14.2 Å². The molecule has 8 nitrogen and oxygen atoms in total. The molecular formula is C48H48O8P2. The van der Waals surface area contributed by atoms with Crippen molar-refractivity contribution < 1.29 is 35.3 Å². The molecule has 2 aromatic heterocycles. The fourth-order valence-corrected chi connectivity index (χ4v) is 10.4. The largest absolute Gasteiger partial charge is 0.496 e. The van der Waals surface area contributed by atoms with E-state index >= 15 is 0 Å². The highest BCUT2D eigenvalue weighted by molar-refractivity contribution is 7.32. The maximum atomic E-state index is 7.04. The van der Waals surface area contributed by atoms with Crippen molar-refractivity contribution in [1.82, 2.24) is 0 Å². The van der Waals surface area contributed by atoms with Gasteiger partial charge in [-0.2, -0.15) is 0 Å². The summed E-state index contributed by atoms with van der Waals surface area (Å²) in [6.07, 6.45) is 0. The molecule has 2 heterocycles. The Morgan fingerprint density at radius 2 is 0.776 bits per heavy atom. The zero-order valence-corrected chi connectivity index (χ0v) is 36.9. The van der Waals surface area contributed by atoms with Crippen molar-refractivity contribution >= 4 is 60.4 Å². The van der Waals surface area contributed by atoms with Gasteiger partial charge in [0.1, 0.15) is 45.3 Å². The van der Waals surface area contributed by atoms with Gasteiger partial charge in [-0.15, -0.1) is 0 Å². The van der Waals surface area contributed by atoms with Gasteiger partial charge in [0.05, 0.1) is 14.2 Å². The minimum absolute atomic E-state index is 0.569. The fraction of sp³-hybridized carbons (Fsp3) is 0.250. The lowest BCUT2D eigenvalue weighted by atomic mass is 9.90. The zero-order valence-electron chi connectivity index (χ0n) is 35.1. The molecule has 0 amide bonds. The molecule has 0 radical (unpaired) electrons. The molecule has 0 bridgehead atoms. The van der Waals surface area contributed by atoms with Gasteiger partial charge in [0.25, 0.3) is 0 Å². The normalized spacial score (nSPS) is 12.1. The van der Waals surface area contributed by atoms with Gasteiger partial charge < -0.3 is 35.3 Å². The van der Waals surface area contributed by atoms with Crippen LogP contribution in [0.5, 0.6) is 23.0 Å². The number of benzene rings is 6. The molecule has 0 saturated heterocycles. The molecule has 10 heteroatoms. The highest BCUT2D eigenvalue weighted by Crippen LogP contribution is 2.53. The van der Waals surface area contributed by atoms with E-state index in [2.05, 4.69) is 77.9 Å². The van der Waals surface area contributed by atoms with Crippen molar-refractivity contribution in [3.63, 3.8) is 0 Å². The van der Waals surface area contributed by atoms with Crippen LogP contribution in [0, 0.1) is 69.2 Å². The van der Waals surface area contributed by atoms with Crippen LogP contribution in [0.2, 0.25) is 0 Å². The molecule has 0 aliphatic rings. The third-order valence-corrected chi connectivity index (χ3v) is 12.8. The minimum atomic E-state index is -2.02. The Balaban J connectivity index is 1.41. The predicted molar refractivity (Wildman–Crippen MR) is 237 cm³/mol. The monoisotopic (exact) mass is 814 g/mol. The van der Waals surface area contributed by atoms with Crippen LogP contribution in [0.15, 0.2) is 89.6 Å². The Morgan fingerprint density at radius 3 is 1.16 bits per heavy atom. The standard InChI is InChI=1S/C48H48O8P2/c1-25-13-15-39-35(19-25)37-21-27(3)17-29(5)45(37)53-57(51-39)55-47-31(7)23-41(49-11)33(9)43(47)44-34(10)42(50-12)24-32(8)48(44)56-58-52-40-16-14-26(2)20-36(40)38-22-28(4)18-30(6)46(38)54-58/h13-24H,1-12H3. The summed E-state index contributed by atoms with van der Waals surface area (Å²) in [6, 6.07) is 24.8. The molecule has 0 saturated carbocycles. The second-order valence-corrected chi connectivity index (χ2v) is 17.4. The van der Waals surface area contributed by atoms with Gasteiger partial charge in [-0.25, -0.2) is 0 Å². The van der Waals surface area contributed by atoms with E-state index in [0.717, 1.165) is 99.5 Å². The number of hydrogen-bond donors (Lipinski definition) is 0.